The van der Waals surface area contributed by atoms with Crippen molar-refractivity contribution >= 4 is 34.2 Å². The van der Waals surface area contributed by atoms with Gasteiger partial charge in [-0.3, -0.25) is 5.32 Å². The maximum atomic E-state index is 13.4. The third-order valence-corrected chi connectivity index (χ3v) is 2.26. The van der Waals surface area contributed by atoms with Crippen molar-refractivity contribution in [1.29, 1.82) is 0 Å². The molecule has 16 heavy (non-hydrogen) atoms. The van der Waals surface area contributed by atoms with E-state index in [1.807, 2.05) is 5.32 Å². The molecular weight excluding hydrogens is 235 g/mol. The molecule has 0 fully saturated rings. The second kappa shape index (κ2) is 3.94. The highest BCUT2D eigenvalue weighted by Gasteiger charge is 2.10. The largest absolute Gasteiger partial charge is 0.465 e. The normalized spacial score (nSPS) is 10.4. The van der Waals surface area contributed by atoms with Crippen molar-refractivity contribution in [2.75, 3.05) is 5.32 Å². The van der Waals surface area contributed by atoms with Gasteiger partial charge < -0.3 is 5.11 Å². The lowest BCUT2D eigenvalue weighted by Gasteiger charge is -2.07. The SMILES string of the molecule is O=C(O)Nc1c(F)ccc2cnc(Cl)cc12. The molecule has 0 saturated carbocycles. The van der Waals surface area contributed by atoms with Crippen molar-refractivity contribution in [2.45, 2.75) is 0 Å². The van der Waals surface area contributed by atoms with Crippen molar-refractivity contribution in [3.63, 3.8) is 0 Å². The van der Waals surface area contributed by atoms with Gasteiger partial charge in [-0.25, -0.2) is 14.2 Å². The predicted octanol–water partition coefficient (Wildman–Crippen LogP) is 3.12. The van der Waals surface area contributed by atoms with Crippen molar-refractivity contribution in [1.82, 2.24) is 4.98 Å². The van der Waals surface area contributed by atoms with E-state index in [0.29, 0.717) is 10.8 Å². The van der Waals surface area contributed by atoms with Gasteiger partial charge in [0.15, 0.2) is 0 Å². The van der Waals surface area contributed by atoms with Gasteiger partial charge in [-0.2, -0.15) is 0 Å². The Morgan fingerprint density at radius 3 is 2.94 bits per heavy atom. The van der Waals surface area contributed by atoms with E-state index >= 15 is 0 Å². The minimum Gasteiger partial charge on any atom is -0.465 e. The third kappa shape index (κ3) is 1.90. The quantitative estimate of drug-likeness (QED) is 0.753. The van der Waals surface area contributed by atoms with Gasteiger partial charge in [0, 0.05) is 17.0 Å². The van der Waals surface area contributed by atoms with Crippen LogP contribution in [0.15, 0.2) is 24.4 Å². The van der Waals surface area contributed by atoms with E-state index in [2.05, 4.69) is 4.98 Å². The molecule has 0 saturated heterocycles. The smallest absolute Gasteiger partial charge is 0.409 e. The molecule has 0 atom stereocenters. The van der Waals surface area contributed by atoms with Gasteiger partial charge in [0.25, 0.3) is 0 Å². The van der Waals surface area contributed by atoms with Crippen LogP contribution >= 0.6 is 11.6 Å². The zero-order valence-corrected chi connectivity index (χ0v) is 8.62. The number of halogens is 2. The summed E-state index contributed by atoms with van der Waals surface area (Å²) >= 11 is 5.67. The molecule has 0 bridgehead atoms. The van der Waals surface area contributed by atoms with Crippen LogP contribution in [0.4, 0.5) is 14.9 Å². The Hall–Kier alpha value is -1.88. The van der Waals surface area contributed by atoms with Crippen LogP contribution in [0.2, 0.25) is 5.15 Å². The standard InChI is InChI=1S/C10H6ClFN2O2/c11-8-3-6-5(4-13-8)1-2-7(12)9(6)14-10(15)16/h1-4,14H,(H,15,16). The number of rotatable bonds is 1. The van der Waals surface area contributed by atoms with Crippen LogP contribution in [0.1, 0.15) is 0 Å². The van der Waals surface area contributed by atoms with E-state index in [9.17, 15) is 9.18 Å². The molecule has 0 unspecified atom stereocenters. The van der Waals surface area contributed by atoms with Crippen LogP contribution in [-0.4, -0.2) is 16.2 Å². The van der Waals surface area contributed by atoms with Gasteiger partial charge in [0.1, 0.15) is 11.0 Å². The summed E-state index contributed by atoms with van der Waals surface area (Å²) < 4.78 is 13.4. The van der Waals surface area contributed by atoms with Crippen molar-refractivity contribution in [2.24, 2.45) is 0 Å². The molecule has 0 aliphatic heterocycles. The highest BCUT2D eigenvalue weighted by Crippen LogP contribution is 2.27. The van der Waals surface area contributed by atoms with Crippen molar-refractivity contribution in [3.8, 4) is 0 Å². The van der Waals surface area contributed by atoms with Gasteiger partial charge in [0.2, 0.25) is 0 Å². The van der Waals surface area contributed by atoms with Gasteiger partial charge in [-0.1, -0.05) is 11.6 Å². The maximum absolute atomic E-state index is 13.4. The topological polar surface area (TPSA) is 62.2 Å². The average Bonchev–Trinajstić information content (AvgIpc) is 2.22. The second-order valence-corrected chi connectivity index (χ2v) is 3.47. The van der Waals surface area contributed by atoms with Crippen LogP contribution in [0, 0.1) is 5.82 Å². The van der Waals surface area contributed by atoms with Crippen molar-refractivity contribution in [3.05, 3.63) is 35.4 Å². The number of amides is 1. The summed E-state index contributed by atoms with van der Waals surface area (Å²) in [6.45, 7) is 0. The molecule has 1 aromatic heterocycles. The molecule has 6 heteroatoms. The summed E-state index contributed by atoms with van der Waals surface area (Å²) in [6, 6.07) is 4.08. The summed E-state index contributed by atoms with van der Waals surface area (Å²) in [7, 11) is 0. The lowest BCUT2D eigenvalue weighted by molar-refractivity contribution is 0.209. The summed E-state index contributed by atoms with van der Waals surface area (Å²) in [4.78, 5) is 14.3. The second-order valence-electron chi connectivity index (χ2n) is 3.08. The number of anilines is 1. The fourth-order valence-electron chi connectivity index (χ4n) is 1.40. The van der Waals surface area contributed by atoms with Gasteiger partial charge in [-0.15, -0.1) is 0 Å². The van der Waals surface area contributed by atoms with Crippen LogP contribution < -0.4 is 5.32 Å². The van der Waals surface area contributed by atoms with Gasteiger partial charge >= 0.3 is 6.09 Å². The van der Waals surface area contributed by atoms with E-state index in [-0.39, 0.29) is 10.8 Å². The monoisotopic (exact) mass is 240 g/mol. The molecule has 1 heterocycles. The molecule has 2 aromatic rings. The third-order valence-electron chi connectivity index (χ3n) is 2.05. The number of nitrogens with zero attached hydrogens (tertiary/aromatic N) is 1. The number of pyridine rings is 1. The maximum Gasteiger partial charge on any atom is 0.409 e. The molecule has 4 nitrogen and oxygen atoms in total. The lowest BCUT2D eigenvalue weighted by Crippen LogP contribution is -2.09. The summed E-state index contributed by atoms with van der Waals surface area (Å²) in [5.41, 5.74) is -0.116. The molecule has 1 aromatic carbocycles. The number of nitrogens with one attached hydrogen (secondary N) is 1. The number of carbonyl (C=O) groups is 1. The highest BCUT2D eigenvalue weighted by atomic mass is 35.5. The first kappa shape index (κ1) is 10.6. The van der Waals surface area contributed by atoms with E-state index in [1.54, 1.807) is 0 Å². The number of hydrogen-bond acceptors (Lipinski definition) is 2. The molecule has 2 N–H and O–H groups in total. The Morgan fingerprint density at radius 2 is 2.25 bits per heavy atom. The Balaban J connectivity index is 2.72. The van der Waals surface area contributed by atoms with Gasteiger partial charge in [0.05, 0.1) is 5.69 Å². The van der Waals surface area contributed by atoms with E-state index in [0.717, 1.165) is 0 Å². The Labute approximate surface area is 94.7 Å². The van der Waals surface area contributed by atoms with E-state index in [4.69, 9.17) is 16.7 Å². The zero-order chi connectivity index (χ0) is 11.7. The predicted molar refractivity (Wildman–Crippen MR) is 58.4 cm³/mol. The van der Waals surface area contributed by atoms with Crippen molar-refractivity contribution < 1.29 is 14.3 Å². The Kier molecular flexibility index (Phi) is 2.62. The first-order valence-electron chi connectivity index (χ1n) is 4.31. The molecule has 0 radical (unpaired) electrons. The molecular formula is C10H6ClFN2O2. The number of hydrogen-bond donors (Lipinski definition) is 2. The lowest BCUT2D eigenvalue weighted by atomic mass is 10.1. The average molecular weight is 241 g/mol. The zero-order valence-electron chi connectivity index (χ0n) is 7.87. The number of carboxylic acid groups (broad SMARTS) is 1. The molecule has 0 aliphatic rings. The van der Waals surface area contributed by atoms with Crippen LogP contribution in [0.3, 0.4) is 0 Å². The number of benzene rings is 1. The summed E-state index contributed by atoms with van der Waals surface area (Å²) in [6.07, 6.45) is 0.115. The first-order valence-corrected chi connectivity index (χ1v) is 4.69. The molecule has 2 rings (SSSR count). The Bertz CT molecular complexity index is 569. The van der Waals surface area contributed by atoms with E-state index in [1.165, 1.54) is 24.4 Å². The molecule has 0 aliphatic carbocycles. The summed E-state index contributed by atoms with van der Waals surface area (Å²) in [5, 5.41) is 11.7. The summed E-state index contributed by atoms with van der Waals surface area (Å²) in [5.74, 6) is -0.655. The minimum absolute atomic E-state index is 0.116. The minimum atomic E-state index is -1.33. The highest BCUT2D eigenvalue weighted by molar-refractivity contribution is 6.30. The molecule has 1 amide bonds. The number of fused-ring (bicyclic) bond motifs is 1. The fraction of sp³-hybridized carbons (Fsp3) is 0. The van der Waals surface area contributed by atoms with E-state index < -0.39 is 11.9 Å². The van der Waals surface area contributed by atoms with Crippen LogP contribution in [-0.2, 0) is 0 Å². The fourth-order valence-corrected chi connectivity index (χ4v) is 1.56. The van der Waals surface area contributed by atoms with Crippen LogP contribution in [0.5, 0.6) is 0 Å². The van der Waals surface area contributed by atoms with Crippen LogP contribution in [0.25, 0.3) is 10.8 Å². The molecule has 0 spiro atoms. The van der Waals surface area contributed by atoms with Gasteiger partial charge in [-0.05, 0) is 18.2 Å². The number of aromatic nitrogens is 1. The first-order chi connectivity index (χ1) is 7.58. The molecule has 82 valence electrons. The Morgan fingerprint density at radius 1 is 1.50 bits per heavy atom.